The molecule has 1 fully saturated rings. The monoisotopic (exact) mass is 337 g/mol. The van der Waals surface area contributed by atoms with Crippen molar-refractivity contribution < 1.29 is 4.74 Å². The first-order valence-electron chi connectivity index (χ1n) is 8.80. The fraction of sp³-hybridized carbons (Fsp3) is 0.381. The molecule has 1 aliphatic carbocycles. The number of hydrogen-bond acceptors (Lipinski definition) is 2. The summed E-state index contributed by atoms with van der Waals surface area (Å²) < 4.78 is 5.47. The zero-order valence-electron chi connectivity index (χ0n) is 15.3. The molecule has 0 atom stereocenters. The van der Waals surface area contributed by atoms with Gasteiger partial charge in [-0.15, -0.1) is 0 Å². The molecule has 4 nitrogen and oxygen atoms in total. The van der Waals surface area contributed by atoms with E-state index in [0.29, 0.717) is 6.54 Å². The highest BCUT2D eigenvalue weighted by atomic mass is 16.5. The second-order valence-electron chi connectivity index (χ2n) is 6.74. The molecule has 1 aliphatic rings. The predicted molar refractivity (Wildman–Crippen MR) is 103 cm³/mol. The van der Waals surface area contributed by atoms with Crippen molar-refractivity contribution in [2.75, 3.05) is 20.7 Å². The number of nitrogens with one attached hydrogen (secondary N) is 2. The van der Waals surface area contributed by atoms with E-state index in [4.69, 9.17) is 4.74 Å². The Hall–Kier alpha value is -2.49. The molecule has 4 heteroatoms. The van der Waals surface area contributed by atoms with Crippen molar-refractivity contribution in [2.45, 2.75) is 31.7 Å². The van der Waals surface area contributed by atoms with E-state index in [1.165, 1.54) is 24.0 Å². The van der Waals surface area contributed by atoms with Gasteiger partial charge in [-0.05, 0) is 37.0 Å². The molecule has 3 rings (SSSR count). The minimum atomic E-state index is 0.264. The van der Waals surface area contributed by atoms with Crippen LogP contribution in [0.3, 0.4) is 0 Å². The Kier molecular flexibility index (Phi) is 5.27. The first-order valence-corrected chi connectivity index (χ1v) is 8.80. The molecule has 0 radical (unpaired) electrons. The Balaban J connectivity index is 1.58. The Bertz CT molecular complexity index is 736. The minimum absolute atomic E-state index is 0.264. The number of benzene rings is 2. The molecule has 2 aromatic rings. The maximum atomic E-state index is 5.47. The molecule has 0 spiro atoms. The Morgan fingerprint density at radius 3 is 2.52 bits per heavy atom. The third-order valence-electron chi connectivity index (χ3n) is 4.95. The highest BCUT2D eigenvalue weighted by Gasteiger charge is 2.43. The Labute approximate surface area is 150 Å². The smallest absolute Gasteiger partial charge is 0.191 e. The summed E-state index contributed by atoms with van der Waals surface area (Å²) in [7, 11) is 3.52. The van der Waals surface area contributed by atoms with E-state index < -0.39 is 0 Å². The van der Waals surface area contributed by atoms with Crippen LogP contribution in [0.5, 0.6) is 5.75 Å². The highest BCUT2D eigenvalue weighted by Crippen LogP contribution is 2.47. The molecule has 2 N–H and O–H groups in total. The lowest BCUT2D eigenvalue weighted by Gasteiger charge is -2.19. The fourth-order valence-corrected chi connectivity index (χ4v) is 3.16. The normalized spacial score (nSPS) is 15.6. The van der Waals surface area contributed by atoms with Crippen molar-refractivity contribution >= 4 is 5.96 Å². The van der Waals surface area contributed by atoms with Gasteiger partial charge in [0, 0.05) is 31.1 Å². The van der Waals surface area contributed by atoms with Crippen LogP contribution in [-0.4, -0.2) is 26.7 Å². The molecule has 0 aromatic heterocycles. The summed E-state index contributed by atoms with van der Waals surface area (Å²) >= 11 is 0. The number of hydrogen-bond donors (Lipinski definition) is 2. The second kappa shape index (κ2) is 7.60. The lowest BCUT2D eigenvalue weighted by atomic mass is 9.96. The van der Waals surface area contributed by atoms with Gasteiger partial charge in [0.2, 0.25) is 0 Å². The lowest BCUT2D eigenvalue weighted by molar-refractivity contribution is 0.408. The number of aryl methyl sites for hydroxylation is 1. The van der Waals surface area contributed by atoms with E-state index in [9.17, 15) is 0 Å². The maximum Gasteiger partial charge on any atom is 0.191 e. The molecule has 0 unspecified atom stereocenters. The molecular formula is C21H27N3O. The van der Waals surface area contributed by atoms with Gasteiger partial charge in [0.05, 0.1) is 7.11 Å². The summed E-state index contributed by atoms with van der Waals surface area (Å²) in [5.41, 5.74) is 4.00. The zero-order chi connectivity index (χ0) is 17.7. The van der Waals surface area contributed by atoms with Crippen LogP contribution >= 0.6 is 0 Å². The number of ether oxygens (including phenoxy) is 1. The van der Waals surface area contributed by atoms with Gasteiger partial charge in [0.15, 0.2) is 5.96 Å². The molecule has 0 aliphatic heterocycles. The van der Waals surface area contributed by atoms with Gasteiger partial charge in [0.25, 0.3) is 0 Å². The molecule has 2 aromatic carbocycles. The van der Waals surface area contributed by atoms with Crippen molar-refractivity contribution in [3.8, 4) is 5.75 Å². The Morgan fingerprint density at radius 2 is 1.88 bits per heavy atom. The zero-order valence-corrected chi connectivity index (χ0v) is 15.3. The van der Waals surface area contributed by atoms with Crippen molar-refractivity contribution in [1.29, 1.82) is 0 Å². The lowest BCUT2D eigenvalue weighted by Crippen LogP contribution is -2.40. The first-order chi connectivity index (χ1) is 12.2. The number of aliphatic imine (C=N–C) groups is 1. The van der Waals surface area contributed by atoms with E-state index in [0.717, 1.165) is 23.8 Å². The van der Waals surface area contributed by atoms with E-state index in [1.807, 2.05) is 7.05 Å². The predicted octanol–water partition coefficient (Wildman–Crippen LogP) is 3.40. The molecular weight excluding hydrogens is 310 g/mol. The summed E-state index contributed by atoms with van der Waals surface area (Å²) in [6.07, 6.45) is 2.46. The van der Waals surface area contributed by atoms with Gasteiger partial charge in [-0.2, -0.15) is 0 Å². The average Bonchev–Trinajstić information content (AvgIpc) is 3.44. The summed E-state index contributed by atoms with van der Waals surface area (Å²) in [5, 5.41) is 6.88. The third kappa shape index (κ3) is 4.13. The molecule has 132 valence electrons. The fourth-order valence-electron chi connectivity index (χ4n) is 3.16. The average molecular weight is 337 g/mol. The van der Waals surface area contributed by atoms with Gasteiger partial charge in [-0.25, -0.2) is 0 Å². The standard InChI is InChI=1S/C21H27N3O/c1-16-9-10-17(19(13-16)25-3)14-23-20(22-2)24-15-21(11-12-21)18-7-5-4-6-8-18/h4-10,13H,11-12,14-15H2,1-3H3,(H2,22,23,24). The number of nitrogens with zero attached hydrogens (tertiary/aromatic N) is 1. The van der Waals surface area contributed by atoms with Crippen LogP contribution < -0.4 is 15.4 Å². The summed E-state index contributed by atoms with van der Waals surface area (Å²) in [4.78, 5) is 4.35. The Morgan fingerprint density at radius 1 is 1.12 bits per heavy atom. The van der Waals surface area contributed by atoms with Crippen LogP contribution in [-0.2, 0) is 12.0 Å². The van der Waals surface area contributed by atoms with E-state index >= 15 is 0 Å². The van der Waals surface area contributed by atoms with Crippen molar-refractivity contribution in [2.24, 2.45) is 4.99 Å². The van der Waals surface area contributed by atoms with Crippen LogP contribution in [0.25, 0.3) is 0 Å². The molecule has 0 saturated heterocycles. The first kappa shape index (κ1) is 17.3. The van der Waals surface area contributed by atoms with Crippen LogP contribution in [0.2, 0.25) is 0 Å². The second-order valence-corrected chi connectivity index (χ2v) is 6.74. The number of rotatable bonds is 6. The van der Waals surface area contributed by atoms with Gasteiger partial charge in [-0.3, -0.25) is 4.99 Å². The summed E-state index contributed by atoms with van der Waals surface area (Å²) in [5.74, 6) is 1.73. The van der Waals surface area contributed by atoms with Crippen molar-refractivity contribution in [1.82, 2.24) is 10.6 Å². The minimum Gasteiger partial charge on any atom is -0.496 e. The SMILES string of the molecule is CN=C(NCc1ccc(C)cc1OC)NCC1(c2ccccc2)CC1. The molecule has 0 heterocycles. The molecule has 0 amide bonds. The topological polar surface area (TPSA) is 45.7 Å². The van der Waals surface area contributed by atoms with Gasteiger partial charge >= 0.3 is 0 Å². The van der Waals surface area contributed by atoms with Crippen LogP contribution in [0.15, 0.2) is 53.5 Å². The van der Waals surface area contributed by atoms with Gasteiger partial charge in [0.1, 0.15) is 5.75 Å². The number of guanidine groups is 1. The van der Waals surface area contributed by atoms with E-state index in [-0.39, 0.29) is 5.41 Å². The number of methoxy groups -OCH3 is 1. The van der Waals surface area contributed by atoms with E-state index in [1.54, 1.807) is 7.11 Å². The summed E-state index contributed by atoms with van der Waals surface area (Å²) in [6.45, 7) is 3.65. The van der Waals surface area contributed by atoms with Crippen LogP contribution in [0.4, 0.5) is 0 Å². The van der Waals surface area contributed by atoms with Gasteiger partial charge in [-0.1, -0.05) is 42.5 Å². The third-order valence-corrected chi connectivity index (χ3v) is 4.95. The molecule has 25 heavy (non-hydrogen) atoms. The van der Waals surface area contributed by atoms with E-state index in [2.05, 4.69) is 71.1 Å². The maximum absolute atomic E-state index is 5.47. The summed E-state index contributed by atoms with van der Waals surface area (Å²) in [6, 6.07) is 17.0. The largest absolute Gasteiger partial charge is 0.496 e. The van der Waals surface area contributed by atoms with Crippen LogP contribution in [0.1, 0.15) is 29.5 Å². The molecule has 0 bridgehead atoms. The van der Waals surface area contributed by atoms with Crippen molar-refractivity contribution in [3.63, 3.8) is 0 Å². The molecule has 1 saturated carbocycles. The van der Waals surface area contributed by atoms with Gasteiger partial charge < -0.3 is 15.4 Å². The quantitative estimate of drug-likeness (QED) is 0.627. The van der Waals surface area contributed by atoms with Crippen molar-refractivity contribution in [3.05, 3.63) is 65.2 Å². The highest BCUT2D eigenvalue weighted by molar-refractivity contribution is 5.79. The van der Waals surface area contributed by atoms with Crippen LogP contribution in [0, 0.1) is 6.92 Å².